The van der Waals surface area contributed by atoms with E-state index in [0.29, 0.717) is 13.0 Å². The molecular formula is C22H25F3N2O2. The van der Waals surface area contributed by atoms with Crippen LogP contribution in [0.4, 0.5) is 18.9 Å². The van der Waals surface area contributed by atoms with E-state index in [9.17, 15) is 22.8 Å². The number of likely N-dealkylation sites (N-methyl/N-ethyl adjacent to an activating group) is 1. The molecule has 0 saturated carbocycles. The normalized spacial score (nSPS) is 11.2. The Balaban J connectivity index is 1.98. The number of benzene rings is 2. The molecule has 7 heteroatoms. The standard InChI is InChI=1S/C22H25F3N2O2/c1-4-27(21(29)12-11-17-10-9-15(2)13-16(17)3)14-20(28)26-19-8-6-5-7-18(19)22(23,24)25/h5-10,13H,4,11-12,14H2,1-3H3,(H,26,28). The van der Waals surface area contributed by atoms with Gasteiger partial charge in [-0.3, -0.25) is 9.59 Å². The fourth-order valence-electron chi connectivity index (χ4n) is 3.10. The molecule has 2 aromatic rings. The first-order valence-corrected chi connectivity index (χ1v) is 9.41. The van der Waals surface area contributed by atoms with E-state index in [1.807, 2.05) is 32.0 Å². The molecule has 0 aromatic heterocycles. The van der Waals surface area contributed by atoms with E-state index in [4.69, 9.17) is 0 Å². The monoisotopic (exact) mass is 406 g/mol. The minimum atomic E-state index is -4.57. The quantitative estimate of drug-likeness (QED) is 0.722. The van der Waals surface area contributed by atoms with Crippen LogP contribution in [0.1, 0.15) is 35.6 Å². The fourth-order valence-corrected chi connectivity index (χ4v) is 3.10. The predicted octanol–water partition coefficient (Wildman–Crippen LogP) is 4.74. The van der Waals surface area contributed by atoms with Gasteiger partial charge in [-0.05, 0) is 50.5 Å². The number of halogens is 3. The highest BCUT2D eigenvalue weighted by Crippen LogP contribution is 2.34. The van der Waals surface area contributed by atoms with E-state index in [1.165, 1.54) is 23.1 Å². The van der Waals surface area contributed by atoms with Gasteiger partial charge in [-0.1, -0.05) is 35.9 Å². The number of carbonyl (C=O) groups excluding carboxylic acids is 2. The van der Waals surface area contributed by atoms with Crippen LogP contribution in [0, 0.1) is 13.8 Å². The van der Waals surface area contributed by atoms with E-state index in [2.05, 4.69) is 5.32 Å². The Morgan fingerprint density at radius 2 is 1.76 bits per heavy atom. The third kappa shape index (κ3) is 6.34. The number of aryl methyl sites for hydroxylation is 3. The van der Waals surface area contributed by atoms with Crippen molar-refractivity contribution < 1.29 is 22.8 Å². The molecule has 1 N–H and O–H groups in total. The second-order valence-electron chi connectivity index (χ2n) is 6.93. The van der Waals surface area contributed by atoms with E-state index >= 15 is 0 Å². The number of hydrogen-bond acceptors (Lipinski definition) is 2. The minimum absolute atomic E-state index is 0.216. The van der Waals surface area contributed by atoms with Crippen molar-refractivity contribution in [3.63, 3.8) is 0 Å². The van der Waals surface area contributed by atoms with E-state index in [-0.39, 0.29) is 24.6 Å². The lowest BCUT2D eigenvalue weighted by atomic mass is 10.0. The van der Waals surface area contributed by atoms with Crippen LogP contribution < -0.4 is 5.32 Å². The third-order valence-electron chi connectivity index (χ3n) is 4.68. The SMILES string of the molecule is CCN(CC(=O)Nc1ccccc1C(F)(F)F)C(=O)CCc1ccc(C)cc1C. The Morgan fingerprint density at radius 3 is 2.38 bits per heavy atom. The molecule has 156 valence electrons. The molecule has 0 radical (unpaired) electrons. The van der Waals surface area contributed by atoms with Crippen LogP contribution in [0.15, 0.2) is 42.5 Å². The maximum absolute atomic E-state index is 13.1. The number of hydrogen-bond donors (Lipinski definition) is 1. The number of amides is 2. The fraction of sp³-hybridized carbons (Fsp3) is 0.364. The molecule has 0 aliphatic heterocycles. The van der Waals surface area contributed by atoms with Crippen molar-refractivity contribution >= 4 is 17.5 Å². The van der Waals surface area contributed by atoms with Gasteiger partial charge < -0.3 is 10.2 Å². The van der Waals surface area contributed by atoms with Gasteiger partial charge in [-0.25, -0.2) is 0 Å². The average Bonchev–Trinajstić information content (AvgIpc) is 2.64. The smallest absolute Gasteiger partial charge is 0.334 e. The molecule has 4 nitrogen and oxygen atoms in total. The van der Waals surface area contributed by atoms with Crippen LogP contribution in [-0.4, -0.2) is 29.8 Å². The molecule has 0 atom stereocenters. The molecule has 0 saturated heterocycles. The molecule has 0 bridgehead atoms. The number of carbonyl (C=O) groups is 2. The molecule has 29 heavy (non-hydrogen) atoms. The summed E-state index contributed by atoms with van der Waals surface area (Å²) in [5.74, 6) is -0.879. The highest BCUT2D eigenvalue weighted by Gasteiger charge is 2.33. The van der Waals surface area contributed by atoms with Gasteiger partial charge >= 0.3 is 6.18 Å². The van der Waals surface area contributed by atoms with Gasteiger partial charge in [0.05, 0.1) is 17.8 Å². The molecule has 2 amide bonds. The molecular weight excluding hydrogens is 381 g/mol. The molecule has 0 aliphatic rings. The van der Waals surface area contributed by atoms with Gasteiger partial charge in [0.25, 0.3) is 0 Å². The summed E-state index contributed by atoms with van der Waals surface area (Å²) >= 11 is 0. The van der Waals surface area contributed by atoms with Gasteiger partial charge in [-0.15, -0.1) is 0 Å². The van der Waals surface area contributed by atoms with Crippen LogP contribution in [0.3, 0.4) is 0 Å². The minimum Gasteiger partial charge on any atom is -0.334 e. The number of rotatable bonds is 7. The first kappa shape index (κ1) is 22.5. The Kier molecular flexibility index (Phi) is 7.42. The maximum atomic E-state index is 13.1. The number of para-hydroxylation sites is 1. The first-order chi connectivity index (χ1) is 13.6. The van der Waals surface area contributed by atoms with Crippen molar-refractivity contribution in [3.05, 3.63) is 64.7 Å². The van der Waals surface area contributed by atoms with Crippen LogP contribution in [0.25, 0.3) is 0 Å². The van der Waals surface area contributed by atoms with Crippen molar-refractivity contribution in [2.45, 2.75) is 39.8 Å². The van der Waals surface area contributed by atoms with E-state index in [1.54, 1.807) is 6.92 Å². The Morgan fingerprint density at radius 1 is 1.07 bits per heavy atom. The lowest BCUT2D eigenvalue weighted by Crippen LogP contribution is -2.38. The molecule has 2 rings (SSSR count). The lowest BCUT2D eigenvalue weighted by molar-refractivity contribution is -0.137. The van der Waals surface area contributed by atoms with Gasteiger partial charge in [0.2, 0.25) is 11.8 Å². The van der Waals surface area contributed by atoms with Crippen molar-refractivity contribution in [3.8, 4) is 0 Å². The summed E-state index contributed by atoms with van der Waals surface area (Å²) in [6.45, 7) is 5.70. The Bertz CT molecular complexity index is 879. The third-order valence-corrected chi connectivity index (χ3v) is 4.68. The molecule has 0 unspecified atom stereocenters. The Hall–Kier alpha value is -2.83. The van der Waals surface area contributed by atoms with Crippen molar-refractivity contribution in [1.82, 2.24) is 4.90 Å². The summed E-state index contributed by atoms with van der Waals surface area (Å²) in [5.41, 5.74) is 2.07. The number of anilines is 1. The van der Waals surface area contributed by atoms with E-state index in [0.717, 1.165) is 22.8 Å². The summed E-state index contributed by atoms with van der Waals surface area (Å²) in [6, 6.07) is 10.8. The largest absolute Gasteiger partial charge is 0.418 e. The number of alkyl halides is 3. The summed E-state index contributed by atoms with van der Waals surface area (Å²) in [5, 5.41) is 2.27. The molecule has 0 spiro atoms. The van der Waals surface area contributed by atoms with Crippen molar-refractivity contribution in [2.24, 2.45) is 0 Å². The topological polar surface area (TPSA) is 49.4 Å². The molecule has 0 heterocycles. The Labute approximate surface area is 168 Å². The second kappa shape index (κ2) is 9.58. The molecule has 0 aliphatic carbocycles. The zero-order valence-corrected chi connectivity index (χ0v) is 16.8. The van der Waals surface area contributed by atoms with Crippen molar-refractivity contribution in [1.29, 1.82) is 0 Å². The van der Waals surface area contributed by atoms with Gasteiger partial charge in [-0.2, -0.15) is 13.2 Å². The highest BCUT2D eigenvalue weighted by atomic mass is 19.4. The molecule has 0 fully saturated rings. The average molecular weight is 406 g/mol. The van der Waals surface area contributed by atoms with Gasteiger partial charge in [0.1, 0.15) is 0 Å². The zero-order chi connectivity index (χ0) is 21.6. The van der Waals surface area contributed by atoms with Gasteiger partial charge in [0, 0.05) is 13.0 Å². The molecule has 2 aromatic carbocycles. The summed E-state index contributed by atoms with van der Waals surface area (Å²) in [6.07, 6.45) is -3.81. The summed E-state index contributed by atoms with van der Waals surface area (Å²) < 4.78 is 39.2. The van der Waals surface area contributed by atoms with Crippen LogP contribution >= 0.6 is 0 Å². The highest BCUT2D eigenvalue weighted by molar-refractivity contribution is 5.95. The van der Waals surface area contributed by atoms with Crippen LogP contribution in [-0.2, 0) is 22.2 Å². The van der Waals surface area contributed by atoms with Crippen LogP contribution in [0.5, 0.6) is 0 Å². The predicted molar refractivity (Wildman–Crippen MR) is 107 cm³/mol. The summed E-state index contributed by atoms with van der Waals surface area (Å²) in [4.78, 5) is 26.1. The maximum Gasteiger partial charge on any atom is 0.418 e. The van der Waals surface area contributed by atoms with Gasteiger partial charge in [0.15, 0.2) is 0 Å². The number of nitrogens with zero attached hydrogens (tertiary/aromatic N) is 1. The van der Waals surface area contributed by atoms with Crippen molar-refractivity contribution in [2.75, 3.05) is 18.4 Å². The van der Waals surface area contributed by atoms with E-state index < -0.39 is 17.6 Å². The van der Waals surface area contributed by atoms with Crippen LogP contribution in [0.2, 0.25) is 0 Å². The second-order valence-corrected chi connectivity index (χ2v) is 6.93. The zero-order valence-electron chi connectivity index (χ0n) is 16.8. The lowest BCUT2D eigenvalue weighted by Gasteiger charge is -2.21. The first-order valence-electron chi connectivity index (χ1n) is 9.41. The summed E-state index contributed by atoms with van der Waals surface area (Å²) in [7, 11) is 0. The number of nitrogens with one attached hydrogen (secondary N) is 1.